The molecule has 4 heteroatoms. The maximum Gasteiger partial charge on any atom is 0.159 e. The highest BCUT2D eigenvalue weighted by Gasteiger charge is 2.19. The fourth-order valence-corrected chi connectivity index (χ4v) is 3.64. The highest BCUT2D eigenvalue weighted by atomic mass is 19.2. The molecule has 142 valence electrons. The molecule has 1 aliphatic rings. The van der Waals surface area contributed by atoms with Gasteiger partial charge < -0.3 is 0 Å². The Morgan fingerprint density at radius 1 is 1.00 bits per heavy atom. The second-order valence-electron chi connectivity index (χ2n) is 7.41. The van der Waals surface area contributed by atoms with E-state index >= 15 is 0 Å². The third-order valence-corrected chi connectivity index (χ3v) is 5.31. The van der Waals surface area contributed by atoms with E-state index in [4.69, 9.17) is 0 Å². The van der Waals surface area contributed by atoms with Crippen LogP contribution in [0, 0.1) is 35.3 Å². The largest absolute Gasteiger partial charge is 0.235 e. The molecule has 1 aliphatic carbocycles. The number of halogens is 2. The van der Waals surface area contributed by atoms with Crippen LogP contribution in [-0.4, -0.2) is 9.97 Å². The van der Waals surface area contributed by atoms with Crippen molar-refractivity contribution in [2.75, 3.05) is 0 Å². The lowest BCUT2D eigenvalue weighted by atomic mass is 9.80. The first-order valence-corrected chi connectivity index (χ1v) is 9.94. The minimum atomic E-state index is -0.898. The average molecular weight is 368 g/mol. The summed E-state index contributed by atoms with van der Waals surface area (Å²) in [6, 6.07) is 3.66. The summed E-state index contributed by atoms with van der Waals surface area (Å²) in [7, 11) is 0. The average Bonchev–Trinajstić information content (AvgIpc) is 2.70. The van der Waals surface area contributed by atoms with Crippen molar-refractivity contribution in [1.29, 1.82) is 0 Å². The van der Waals surface area contributed by atoms with Crippen LogP contribution in [0.5, 0.6) is 0 Å². The quantitative estimate of drug-likeness (QED) is 0.466. The standard InChI is InChI=1S/C23H26F2N2/c1-2-3-4-5-17-6-8-18(9-7-17)10-11-19-15-26-23(27-16-19)20-12-13-21(24)22(25)14-20/h12-18H,2-9H2,1H3/t17-,18-. The van der Waals surface area contributed by atoms with Crippen molar-refractivity contribution < 1.29 is 8.78 Å². The van der Waals surface area contributed by atoms with Gasteiger partial charge in [-0.1, -0.05) is 44.4 Å². The van der Waals surface area contributed by atoms with Gasteiger partial charge >= 0.3 is 0 Å². The van der Waals surface area contributed by atoms with E-state index in [1.807, 2.05) is 0 Å². The molecule has 0 aliphatic heterocycles. The number of hydrogen-bond acceptors (Lipinski definition) is 2. The van der Waals surface area contributed by atoms with E-state index in [-0.39, 0.29) is 0 Å². The molecule has 1 aromatic heterocycles. The van der Waals surface area contributed by atoms with Crippen LogP contribution in [0.3, 0.4) is 0 Å². The summed E-state index contributed by atoms with van der Waals surface area (Å²) in [6.45, 7) is 2.25. The van der Waals surface area contributed by atoms with Crippen molar-refractivity contribution in [3.63, 3.8) is 0 Å². The first kappa shape index (κ1) is 19.5. The molecule has 1 saturated carbocycles. The number of aromatic nitrogens is 2. The summed E-state index contributed by atoms with van der Waals surface area (Å²) in [5, 5.41) is 0. The molecule has 1 fully saturated rings. The van der Waals surface area contributed by atoms with Gasteiger partial charge in [-0.15, -0.1) is 0 Å². The first-order chi connectivity index (χ1) is 13.2. The van der Waals surface area contributed by atoms with Crippen molar-refractivity contribution in [2.24, 2.45) is 11.8 Å². The third-order valence-electron chi connectivity index (χ3n) is 5.31. The second kappa shape index (κ2) is 9.60. The number of nitrogens with zero attached hydrogens (tertiary/aromatic N) is 2. The van der Waals surface area contributed by atoms with Gasteiger partial charge in [0.15, 0.2) is 17.5 Å². The van der Waals surface area contributed by atoms with Crippen LogP contribution in [0.1, 0.15) is 63.9 Å². The van der Waals surface area contributed by atoms with E-state index in [1.165, 1.54) is 57.4 Å². The van der Waals surface area contributed by atoms with Crippen molar-refractivity contribution >= 4 is 0 Å². The van der Waals surface area contributed by atoms with Gasteiger partial charge in [0, 0.05) is 23.9 Å². The first-order valence-electron chi connectivity index (χ1n) is 9.94. The Balaban J connectivity index is 1.54. The minimum absolute atomic E-state index is 0.368. The van der Waals surface area contributed by atoms with Gasteiger partial charge in [0.25, 0.3) is 0 Å². The van der Waals surface area contributed by atoms with Crippen LogP contribution in [0.15, 0.2) is 30.6 Å². The molecule has 0 amide bonds. The fourth-order valence-electron chi connectivity index (χ4n) is 3.64. The molecule has 0 N–H and O–H groups in total. The van der Waals surface area contributed by atoms with Crippen molar-refractivity contribution in [3.05, 3.63) is 47.8 Å². The van der Waals surface area contributed by atoms with Crippen LogP contribution < -0.4 is 0 Å². The van der Waals surface area contributed by atoms with Gasteiger partial charge in [-0.05, 0) is 49.8 Å². The van der Waals surface area contributed by atoms with E-state index in [2.05, 4.69) is 28.7 Å². The molecular formula is C23H26F2N2. The second-order valence-corrected chi connectivity index (χ2v) is 7.41. The molecular weight excluding hydrogens is 342 g/mol. The van der Waals surface area contributed by atoms with Gasteiger partial charge in [0.1, 0.15) is 0 Å². The van der Waals surface area contributed by atoms with Gasteiger partial charge in [-0.25, -0.2) is 18.7 Å². The fraction of sp³-hybridized carbons (Fsp3) is 0.478. The zero-order valence-electron chi connectivity index (χ0n) is 15.8. The van der Waals surface area contributed by atoms with Crippen LogP contribution in [-0.2, 0) is 0 Å². The number of unbranched alkanes of at least 4 members (excludes halogenated alkanes) is 2. The maximum atomic E-state index is 13.3. The molecule has 2 aromatic rings. The Bertz CT molecular complexity index is 797. The minimum Gasteiger partial charge on any atom is -0.235 e. The van der Waals surface area contributed by atoms with Crippen LogP contribution in [0.25, 0.3) is 11.4 Å². The molecule has 0 radical (unpaired) electrons. The lowest BCUT2D eigenvalue weighted by Gasteiger charge is -2.25. The predicted octanol–water partition coefficient (Wildman–Crippen LogP) is 6.16. The van der Waals surface area contributed by atoms with Gasteiger partial charge in [-0.3, -0.25) is 0 Å². The van der Waals surface area contributed by atoms with E-state index in [0.717, 1.165) is 23.6 Å². The summed E-state index contributed by atoms with van der Waals surface area (Å²) in [6.07, 6.45) is 13.6. The molecule has 0 bridgehead atoms. The summed E-state index contributed by atoms with van der Waals surface area (Å²) in [5.41, 5.74) is 1.21. The van der Waals surface area contributed by atoms with Crippen molar-refractivity contribution in [2.45, 2.75) is 58.3 Å². The van der Waals surface area contributed by atoms with Crippen molar-refractivity contribution in [1.82, 2.24) is 9.97 Å². The Kier molecular flexibility index (Phi) is 6.92. The monoisotopic (exact) mass is 368 g/mol. The predicted molar refractivity (Wildman–Crippen MR) is 104 cm³/mol. The molecule has 27 heavy (non-hydrogen) atoms. The maximum absolute atomic E-state index is 13.3. The summed E-state index contributed by atoms with van der Waals surface area (Å²) in [5.74, 6) is 6.47. The summed E-state index contributed by atoms with van der Waals surface area (Å²) >= 11 is 0. The Hall–Kier alpha value is -2.28. The Morgan fingerprint density at radius 3 is 2.41 bits per heavy atom. The SMILES string of the molecule is CCCCC[C@H]1CC[C@H](C#Cc2cnc(-c3ccc(F)c(F)c3)nc2)CC1. The molecule has 0 atom stereocenters. The highest BCUT2D eigenvalue weighted by molar-refractivity contribution is 5.55. The molecule has 0 unspecified atom stereocenters. The zero-order chi connectivity index (χ0) is 19.1. The van der Waals surface area contributed by atoms with E-state index in [1.54, 1.807) is 12.4 Å². The van der Waals surface area contributed by atoms with Crippen LogP contribution in [0.4, 0.5) is 8.78 Å². The summed E-state index contributed by atoms with van der Waals surface area (Å²) < 4.78 is 26.4. The van der Waals surface area contributed by atoms with Gasteiger partial charge in [0.2, 0.25) is 0 Å². The van der Waals surface area contributed by atoms with E-state index in [0.29, 0.717) is 17.3 Å². The van der Waals surface area contributed by atoms with Gasteiger partial charge in [-0.2, -0.15) is 0 Å². The van der Waals surface area contributed by atoms with Gasteiger partial charge in [0.05, 0.1) is 5.56 Å². The van der Waals surface area contributed by atoms with E-state index in [9.17, 15) is 8.78 Å². The topological polar surface area (TPSA) is 25.8 Å². The summed E-state index contributed by atoms with van der Waals surface area (Å²) in [4.78, 5) is 8.47. The van der Waals surface area contributed by atoms with E-state index < -0.39 is 11.6 Å². The third kappa shape index (κ3) is 5.60. The highest BCUT2D eigenvalue weighted by Crippen LogP contribution is 2.31. The number of hydrogen-bond donors (Lipinski definition) is 0. The lowest BCUT2D eigenvalue weighted by Crippen LogP contribution is -2.13. The lowest BCUT2D eigenvalue weighted by molar-refractivity contribution is 0.294. The zero-order valence-corrected chi connectivity index (χ0v) is 15.8. The smallest absolute Gasteiger partial charge is 0.159 e. The van der Waals surface area contributed by atoms with Crippen LogP contribution in [0.2, 0.25) is 0 Å². The molecule has 0 spiro atoms. The molecule has 2 nitrogen and oxygen atoms in total. The molecule has 1 heterocycles. The number of benzene rings is 1. The molecule has 1 aromatic carbocycles. The Morgan fingerprint density at radius 2 is 1.74 bits per heavy atom. The van der Waals surface area contributed by atoms with Crippen LogP contribution >= 0.6 is 0 Å². The van der Waals surface area contributed by atoms with Crippen molar-refractivity contribution in [3.8, 4) is 23.2 Å². The normalized spacial score (nSPS) is 19.4. The Labute approximate surface area is 160 Å². The number of rotatable bonds is 5. The molecule has 0 saturated heterocycles. The molecule has 3 rings (SSSR count).